The van der Waals surface area contributed by atoms with Gasteiger partial charge in [0.15, 0.2) is 0 Å². The topological polar surface area (TPSA) is 12.0 Å². The first-order chi connectivity index (χ1) is 6.26. The molecule has 0 aromatic heterocycles. The average molecular weight is 179 g/mol. The van der Waals surface area contributed by atoms with Crippen LogP contribution in [-0.2, 0) is 0 Å². The Morgan fingerprint density at radius 3 is 2.69 bits per heavy atom. The van der Waals surface area contributed by atoms with E-state index >= 15 is 0 Å². The predicted octanol–water partition coefficient (Wildman–Crippen LogP) is 2.57. The molecule has 0 radical (unpaired) electrons. The molecule has 1 rings (SSSR count). The third-order valence-electron chi connectivity index (χ3n) is 2.76. The molecule has 0 spiro atoms. The summed E-state index contributed by atoms with van der Waals surface area (Å²) in [7, 11) is 0. The third-order valence-corrected chi connectivity index (χ3v) is 2.76. The van der Waals surface area contributed by atoms with Crippen LogP contribution in [0, 0.1) is 18.3 Å². The zero-order valence-electron chi connectivity index (χ0n) is 8.84. The van der Waals surface area contributed by atoms with Gasteiger partial charge in [-0.15, -0.1) is 12.3 Å². The lowest BCUT2D eigenvalue weighted by Gasteiger charge is -2.20. The highest BCUT2D eigenvalue weighted by Gasteiger charge is 2.24. The SMILES string of the molecule is C#CCC(CC)NC(C)CC1CC1. The van der Waals surface area contributed by atoms with Gasteiger partial charge >= 0.3 is 0 Å². The number of nitrogens with one attached hydrogen (secondary N) is 1. The van der Waals surface area contributed by atoms with Gasteiger partial charge < -0.3 is 5.32 Å². The molecule has 2 unspecified atom stereocenters. The van der Waals surface area contributed by atoms with Crippen molar-refractivity contribution >= 4 is 0 Å². The van der Waals surface area contributed by atoms with Crippen LogP contribution in [0.1, 0.15) is 46.0 Å². The standard InChI is InChI=1S/C12H21N/c1-4-6-12(5-2)13-10(3)9-11-7-8-11/h1,10-13H,5-9H2,2-3H3. The molecule has 0 bridgehead atoms. The second kappa shape index (κ2) is 5.29. The molecule has 0 aliphatic heterocycles. The van der Waals surface area contributed by atoms with Crippen molar-refractivity contribution < 1.29 is 0 Å². The summed E-state index contributed by atoms with van der Waals surface area (Å²) in [6.07, 6.45) is 11.5. The molecule has 0 saturated heterocycles. The summed E-state index contributed by atoms with van der Waals surface area (Å²) in [5, 5.41) is 3.60. The van der Waals surface area contributed by atoms with Crippen molar-refractivity contribution in [2.75, 3.05) is 0 Å². The largest absolute Gasteiger partial charge is 0.311 e. The van der Waals surface area contributed by atoms with Gasteiger partial charge in [-0.05, 0) is 25.7 Å². The summed E-state index contributed by atoms with van der Waals surface area (Å²) < 4.78 is 0. The Bertz CT molecular complexity index is 176. The molecular weight excluding hydrogens is 158 g/mol. The van der Waals surface area contributed by atoms with Crippen molar-refractivity contribution in [3.8, 4) is 12.3 Å². The maximum Gasteiger partial charge on any atom is 0.0240 e. The minimum atomic E-state index is 0.527. The molecule has 1 aliphatic carbocycles. The highest BCUT2D eigenvalue weighted by Crippen LogP contribution is 2.33. The van der Waals surface area contributed by atoms with E-state index in [-0.39, 0.29) is 0 Å². The van der Waals surface area contributed by atoms with Gasteiger partial charge in [-0.2, -0.15) is 0 Å². The molecule has 1 aliphatic rings. The van der Waals surface area contributed by atoms with Crippen LogP contribution in [-0.4, -0.2) is 12.1 Å². The van der Waals surface area contributed by atoms with Crippen LogP contribution in [0.2, 0.25) is 0 Å². The second-order valence-electron chi connectivity index (χ2n) is 4.26. The summed E-state index contributed by atoms with van der Waals surface area (Å²) in [5.74, 6) is 3.74. The molecule has 0 amide bonds. The minimum Gasteiger partial charge on any atom is -0.311 e. The number of hydrogen-bond acceptors (Lipinski definition) is 1. The number of terminal acetylenes is 1. The Morgan fingerprint density at radius 1 is 1.54 bits per heavy atom. The Balaban J connectivity index is 2.15. The van der Waals surface area contributed by atoms with Gasteiger partial charge in [-0.1, -0.05) is 19.8 Å². The van der Waals surface area contributed by atoms with E-state index in [1.165, 1.54) is 19.3 Å². The van der Waals surface area contributed by atoms with Crippen LogP contribution in [0.3, 0.4) is 0 Å². The lowest BCUT2D eigenvalue weighted by Crippen LogP contribution is -2.36. The van der Waals surface area contributed by atoms with Crippen molar-refractivity contribution in [2.24, 2.45) is 5.92 Å². The molecule has 74 valence electrons. The monoisotopic (exact) mass is 179 g/mol. The van der Waals surface area contributed by atoms with Crippen LogP contribution < -0.4 is 5.32 Å². The second-order valence-corrected chi connectivity index (χ2v) is 4.26. The summed E-state index contributed by atoms with van der Waals surface area (Å²) in [6.45, 7) is 4.47. The van der Waals surface area contributed by atoms with Gasteiger partial charge in [0, 0.05) is 18.5 Å². The van der Waals surface area contributed by atoms with Crippen LogP contribution in [0.25, 0.3) is 0 Å². The molecule has 2 atom stereocenters. The summed E-state index contributed by atoms with van der Waals surface area (Å²) in [4.78, 5) is 0. The molecule has 0 heterocycles. The van der Waals surface area contributed by atoms with E-state index in [0.29, 0.717) is 12.1 Å². The summed E-state index contributed by atoms with van der Waals surface area (Å²) >= 11 is 0. The van der Waals surface area contributed by atoms with E-state index in [0.717, 1.165) is 18.8 Å². The Hall–Kier alpha value is -0.480. The van der Waals surface area contributed by atoms with E-state index in [2.05, 4.69) is 25.1 Å². The van der Waals surface area contributed by atoms with Gasteiger partial charge in [0.05, 0.1) is 0 Å². The van der Waals surface area contributed by atoms with Crippen molar-refractivity contribution in [2.45, 2.75) is 58.0 Å². The first kappa shape index (κ1) is 10.6. The first-order valence-corrected chi connectivity index (χ1v) is 5.45. The zero-order valence-corrected chi connectivity index (χ0v) is 8.84. The zero-order chi connectivity index (χ0) is 9.68. The third kappa shape index (κ3) is 4.33. The van der Waals surface area contributed by atoms with Gasteiger partial charge in [-0.3, -0.25) is 0 Å². The molecule has 13 heavy (non-hydrogen) atoms. The van der Waals surface area contributed by atoms with Crippen LogP contribution in [0.5, 0.6) is 0 Å². The highest BCUT2D eigenvalue weighted by molar-refractivity contribution is 4.90. The Kier molecular flexibility index (Phi) is 4.32. The molecule has 1 saturated carbocycles. The average Bonchev–Trinajstić information content (AvgIpc) is 2.87. The van der Waals surface area contributed by atoms with E-state index in [4.69, 9.17) is 6.42 Å². The van der Waals surface area contributed by atoms with Crippen molar-refractivity contribution in [3.05, 3.63) is 0 Å². The van der Waals surface area contributed by atoms with Crippen molar-refractivity contribution in [3.63, 3.8) is 0 Å². The fraction of sp³-hybridized carbons (Fsp3) is 0.833. The van der Waals surface area contributed by atoms with Gasteiger partial charge in [-0.25, -0.2) is 0 Å². The van der Waals surface area contributed by atoms with E-state index in [9.17, 15) is 0 Å². The number of hydrogen-bond donors (Lipinski definition) is 1. The van der Waals surface area contributed by atoms with Gasteiger partial charge in [0.25, 0.3) is 0 Å². The Morgan fingerprint density at radius 2 is 2.23 bits per heavy atom. The molecule has 1 N–H and O–H groups in total. The summed E-state index contributed by atoms with van der Waals surface area (Å²) in [5.41, 5.74) is 0. The minimum absolute atomic E-state index is 0.527. The molecule has 1 fully saturated rings. The predicted molar refractivity (Wildman–Crippen MR) is 57.5 cm³/mol. The maximum atomic E-state index is 5.30. The first-order valence-electron chi connectivity index (χ1n) is 5.45. The van der Waals surface area contributed by atoms with E-state index in [1.807, 2.05) is 0 Å². The molecule has 1 nitrogen and oxygen atoms in total. The highest BCUT2D eigenvalue weighted by atomic mass is 14.9. The molecular formula is C12H21N. The van der Waals surface area contributed by atoms with Crippen molar-refractivity contribution in [1.29, 1.82) is 0 Å². The smallest absolute Gasteiger partial charge is 0.0240 e. The quantitative estimate of drug-likeness (QED) is 0.618. The van der Waals surface area contributed by atoms with Crippen LogP contribution >= 0.6 is 0 Å². The van der Waals surface area contributed by atoms with Gasteiger partial charge in [0.1, 0.15) is 0 Å². The summed E-state index contributed by atoms with van der Waals surface area (Å²) in [6, 6.07) is 1.17. The normalized spacial score (nSPS) is 20.7. The van der Waals surface area contributed by atoms with Crippen LogP contribution in [0.15, 0.2) is 0 Å². The fourth-order valence-corrected chi connectivity index (χ4v) is 1.79. The fourth-order valence-electron chi connectivity index (χ4n) is 1.79. The Labute approximate surface area is 82.3 Å². The van der Waals surface area contributed by atoms with E-state index < -0.39 is 0 Å². The molecule has 0 aromatic carbocycles. The molecule has 1 heteroatoms. The van der Waals surface area contributed by atoms with Gasteiger partial charge in [0.2, 0.25) is 0 Å². The lowest BCUT2D eigenvalue weighted by atomic mass is 10.1. The maximum absolute atomic E-state index is 5.30. The van der Waals surface area contributed by atoms with Crippen LogP contribution in [0.4, 0.5) is 0 Å². The number of rotatable bonds is 6. The van der Waals surface area contributed by atoms with Crippen molar-refractivity contribution in [1.82, 2.24) is 5.32 Å². The lowest BCUT2D eigenvalue weighted by molar-refractivity contribution is 0.409. The van der Waals surface area contributed by atoms with E-state index in [1.54, 1.807) is 0 Å². The molecule has 0 aromatic rings.